The number of fused-ring (bicyclic) bond motifs is 10. The molecule has 0 fully saturated rings. The predicted octanol–water partition coefficient (Wildman–Crippen LogP) is 12.2. The maximum absolute atomic E-state index is 5.37. The Kier molecular flexibility index (Phi) is 9.98. The molecule has 2 aromatic heterocycles. The maximum atomic E-state index is 5.37. The van der Waals surface area contributed by atoms with Crippen LogP contribution in [0.1, 0.15) is 125 Å². The van der Waals surface area contributed by atoms with E-state index in [2.05, 4.69) is 196 Å². The molecule has 1 aliphatic heterocycles. The van der Waals surface area contributed by atoms with E-state index in [9.17, 15) is 0 Å². The van der Waals surface area contributed by atoms with Gasteiger partial charge >= 0.3 is 0 Å². The van der Waals surface area contributed by atoms with Crippen LogP contribution < -0.4 is 4.57 Å². The Morgan fingerprint density at radius 3 is 2.11 bits per heavy atom. The Balaban J connectivity index is 1.56. The molecular formula is C50H66N5+. The van der Waals surface area contributed by atoms with Gasteiger partial charge in [0.25, 0.3) is 12.0 Å². The second-order valence-corrected chi connectivity index (χ2v) is 19.0. The van der Waals surface area contributed by atoms with Gasteiger partial charge in [0.15, 0.2) is 0 Å². The van der Waals surface area contributed by atoms with Crippen LogP contribution in [0.4, 0.5) is 0 Å². The van der Waals surface area contributed by atoms with Gasteiger partial charge in [0, 0.05) is 42.0 Å². The molecule has 0 aliphatic carbocycles. The second-order valence-electron chi connectivity index (χ2n) is 19.0. The van der Waals surface area contributed by atoms with Crippen LogP contribution in [-0.2, 0) is 17.9 Å². The first-order valence-electron chi connectivity index (χ1n) is 20.9. The van der Waals surface area contributed by atoms with Crippen LogP contribution >= 0.6 is 0 Å². The second kappa shape index (κ2) is 14.1. The van der Waals surface area contributed by atoms with E-state index in [1.54, 1.807) is 0 Å². The normalized spacial score (nSPS) is 18.1. The fraction of sp³-hybridized carbons (Fsp3) is 0.480. The molecule has 3 atom stereocenters. The fourth-order valence-corrected chi connectivity index (χ4v) is 10.4. The quantitative estimate of drug-likeness (QED) is 0.104. The molecule has 4 aromatic carbocycles. The maximum Gasteiger partial charge on any atom is 0.289 e. The van der Waals surface area contributed by atoms with Gasteiger partial charge in [-0.25, -0.2) is 4.57 Å². The van der Waals surface area contributed by atoms with Crippen LogP contribution in [0.3, 0.4) is 0 Å². The minimum absolute atomic E-state index is 0.0469. The van der Waals surface area contributed by atoms with Gasteiger partial charge in [-0.3, -0.25) is 4.90 Å². The first-order valence-corrected chi connectivity index (χ1v) is 20.9. The zero-order valence-electron chi connectivity index (χ0n) is 36.2. The smallest absolute Gasteiger partial charge is 0.289 e. The molecule has 0 N–H and O–H groups in total. The monoisotopic (exact) mass is 737 g/mol. The van der Waals surface area contributed by atoms with Crippen LogP contribution in [0.15, 0.2) is 79.8 Å². The molecular weight excluding hydrogens is 671 g/mol. The molecule has 3 heterocycles. The lowest BCUT2D eigenvalue weighted by molar-refractivity contribution is -0.722. The van der Waals surface area contributed by atoms with Crippen molar-refractivity contribution in [2.75, 3.05) is 6.54 Å². The molecule has 0 saturated carbocycles. The molecule has 7 rings (SSSR count). The van der Waals surface area contributed by atoms with E-state index in [0.29, 0.717) is 23.9 Å². The van der Waals surface area contributed by atoms with Gasteiger partial charge < -0.3 is 9.47 Å². The van der Waals surface area contributed by atoms with Gasteiger partial charge in [-0.1, -0.05) is 110 Å². The zero-order valence-corrected chi connectivity index (χ0v) is 36.2. The van der Waals surface area contributed by atoms with Crippen molar-refractivity contribution in [1.29, 1.82) is 0 Å². The molecule has 55 heavy (non-hydrogen) atoms. The van der Waals surface area contributed by atoms with E-state index in [0.717, 1.165) is 18.6 Å². The summed E-state index contributed by atoms with van der Waals surface area (Å²) in [4.78, 5) is 10.6. The summed E-state index contributed by atoms with van der Waals surface area (Å²) >= 11 is 0. The Labute approximate surface area is 331 Å². The molecule has 0 spiro atoms. The highest BCUT2D eigenvalue weighted by Gasteiger charge is 2.48. The van der Waals surface area contributed by atoms with Crippen molar-refractivity contribution in [3.05, 3.63) is 96.5 Å². The van der Waals surface area contributed by atoms with Crippen molar-refractivity contribution in [2.24, 2.45) is 13.0 Å². The lowest BCUT2D eigenvalue weighted by atomic mass is 9.66. The minimum atomic E-state index is -0.190. The van der Waals surface area contributed by atoms with E-state index in [4.69, 9.17) is 4.98 Å². The molecule has 0 amide bonds. The average molecular weight is 737 g/mol. The summed E-state index contributed by atoms with van der Waals surface area (Å²) in [7, 11) is 2.23. The van der Waals surface area contributed by atoms with Crippen LogP contribution in [0.2, 0.25) is 0 Å². The van der Waals surface area contributed by atoms with Crippen LogP contribution in [-0.4, -0.2) is 44.1 Å². The van der Waals surface area contributed by atoms with Gasteiger partial charge in [-0.05, 0) is 120 Å². The standard InChI is InChI=1S/C50H66N5/c1-16-53(32(6)7)48(31(4)5)54(33(8)9)26-25-50(14)34(10)55-29-51-47-43(39-27-35-21-17-18-22-36(35)42(30(2)3)45(39)52(47)15)46(55)40-28-41(49(11,12)13)37-23-19-20-24-38(37)44(40)50/h16-24,27-34,48H,1,25-26H2,2-15H3/q+1. The lowest BCUT2D eigenvalue weighted by Gasteiger charge is -2.48. The highest BCUT2D eigenvalue weighted by atomic mass is 15.4. The molecule has 3 unspecified atom stereocenters. The third kappa shape index (κ3) is 6.07. The number of hydrogen-bond donors (Lipinski definition) is 0. The summed E-state index contributed by atoms with van der Waals surface area (Å²) in [6.07, 6.45) is 5.49. The first kappa shape index (κ1) is 39.0. The predicted molar refractivity (Wildman–Crippen MR) is 236 cm³/mol. The van der Waals surface area contributed by atoms with Crippen molar-refractivity contribution in [1.82, 2.24) is 19.4 Å². The van der Waals surface area contributed by atoms with Crippen LogP contribution in [0, 0.1) is 5.92 Å². The molecule has 6 aromatic rings. The van der Waals surface area contributed by atoms with Gasteiger partial charge in [-0.15, -0.1) is 0 Å². The molecule has 5 nitrogen and oxygen atoms in total. The summed E-state index contributed by atoms with van der Waals surface area (Å²) in [6.45, 7) is 36.1. The Bertz CT molecular complexity index is 2420. The van der Waals surface area contributed by atoms with Crippen molar-refractivity contribution in [3.63, 3.8) is 0 Å². The summed E-state index contributed by atoms with van der Waals surface area (Å²) in [5.74, 6) is 0.796. The van der Waals surface area contributed by atoms with Gasteiger partial charge in [0.1, 0.15) is 17.1 Å². The topological polar surface area (TPSA) is 28.2 Å². The van der Waals surface area contributed by atoms with Gasteiger partial charge in [0.2, 0.25) is 0 Å². The van der Waals surface area contributed by atoms with Crippen LogP contribution in [0.25, 0.3) is 54.7 Å². The van der Waals surface area contributed by atoms with E-state index >= 15 is 0 Å². The number of hydrogen-bond acceptors (Lipinski definition) is 3. The highest BCUT2D eigenvalue weighted by Crippen LogP contribution is 2.52. The van der Waals surface area contributed by atoms with Gasteiger partial charge in [0.05, 0.1) is 11.7 Å². The van der Waals surface area contributed by atoms with Crippen molar-refractivity contribution >= 4 is 43.5 Å². The first-order chi connectivity index (χ1) is 25.9. The summed E-state index contributed by atoms with van der Waals surface area (Å²) in [5.41, 5.74) is 9.05. The largest absolute Gasteiger partial charge is 0.360 e. The lowest BCUT2D eigenvalue weighted by Crippen LogP contribution is -2.57. The molecule has 290 valence electrons. The minimum Gasteiger partial charge on any atom is -0.360 e. The molecule has 0 bridgehead atoms. The number of aryl methyl sites for hydroxylation is 1. The molecule has 5 heteroatoms. The average Bonchev–Trinajstić information content (AvgIpc) is 3.41. The third-order valence-electron chi connectivity index (χ3n) is 13.2. The molecule has 0 radical (unpaired) electrons. The molecule has 1 aliphatic rings. The number of rotatable bonds is 10. The van der Waals surface area contributed by atoms with Crippen LogP contribution in [0.5, 0.6) is 0 Å². The zero-order chi connectivity index (χ0) is 39.9. The van der Waals surface area contributed by atoms with E-state index < -0.39 is 0 Å². The third-order valence-corrected chi connectivity index (χ3v) is 13.2. The number of nitrogens with zero attached hydrogens (tertiary/aromatic N) is 5. The van der Waals surface area contributed by atoms with E-state index in [1.165, 1.54) is 65.8 Å². The Morgan fingerprint density at radius 2 is 1.53 bits per heavy atom. The fourth-order valence-electron chi connectivity index (χ4n) is 10.4. The Hall–Kier alpha value is -4.22. The number of benzene rings is 4. The van der Waals surface area contributed by atoms with E-state index in [-0.39, 0.29) is 23.0 Å². The van der Waals surface area contributed by atoms with E-state index in [1.807, 2.05) is 0 Å². The summed E-state index contributed by atoms with van der Waals surface area (Å²) < 4.78 is 4.93. The summed E-state index contributed by atoms with van der Waals surface area (Å²) in [6, 6.07) is 24.1. The van der Waals surface area contributed by atoms with Crippen molar-refractivity contribution in [3.8, 4) is 11.3 Å². The SMILES string of the molecule is C=CN(C(C)C)C(C(C)C)N(CCC1(C)c2c(cc(C(C)(C)C)c3ccccc23)-c2c3c4cc5ccccc5c(C(C)C)c4n(C)c3nc[n+]2C1C)C(C)C. The van der Waals surface area contributed by atoms with Gasteiger partial charge in [-0.2, -0.15) is 0 Å². The van der Waals surface area contributed by atoms with Crippen molar-refractivity contribution in [2.45, 2.75) is 137 Å². The number of aromatic nitrogens is 3. The highest BCUT2D eigenvalue weighted by molar-refractivity contribution is 6.18. The Morgan fingerprint density at radius 1 is 0.891 bits per heavy atom. The summed E-state index contributed by atoms with van der Waals surface area (Å²) in [5, 5.41) is 7.95. The van der Waals surface area contributed by atoms with Crippen molar-refractivity contribution < 1.29 is 4.57 Å². The molecule has 0 saturated heterocycles.